The highest BCUT2D eigenvalue weighted by Gasteiger charge is 2.08. The van der Waals surface area contributed by atoms with Gasteiger partial charge in [0, 0.05) is 12.1 Å². The second-order valence-electron chi connectivity index (χ2n) is 5.15. The first kappa shape index (κ1) is 16.2. The van der Waals surface area contributed by atoms with Crippen molar-refractivity contribution in [3.05, 3.63) is 60.2 Å². The Morgan fingerprint density at radius 3 is 2.42 bits per heavy atom. The number of rotatable bonds is 6. The summed E-state index contributed by atoms with van der Waals surface area (Å²) in [6, 6.07) is 16.3. The topological polar surface area (TPSA) is 111 Å². The number of primary sulfonamides is 1. The molecule has 1 heterocycles. The predicted octanol–water partition coefficient (Wildman–Crippen LogP) is 2.04. The molecule has 3 N–H and O–H groups in total. The zero-order valence-corrected chi connectivity index (χ0v) is 13.5. The summed E-state index contributed by atoms with van der Waals surface area (Å²) in [5, 5.41) is 12.0. The van der Waals surface area contributed by atoms with Crippen LogP contribution < -0.4 is 10.5 Å². The lowest BCUT2D eigenvalue weighted by Crippen LogP contribution is -2.12. The van der Waals surface area contributed by atoms with Crippen LogP contribution in [0.15, 0.2) is 64.0 Å². The highest BCUT2D eigenvalue weighted by Crippen LogP contribution is 2.17. The number of anilines is 1. The summed E-state index contributed by atoms with van der Waals surface area (Å²) in [5.74, 6) is 0.524. The van der Waals surface area contributed by atoms with E-state index in [1.165, 1.54) is 12.1 Å². The van der Waals surface area contributed by atoms with Gasteiger partial charge < -0.3 is 9.84 Å². The van der Waals surface area contributed by atoms with Crippen molar-refractivity contribution in [2.24, 2.45) is 5.14 Å². The number of hydrogen-bond acceptors (Lipinski definition) is 6. The number of sulfonamides is 1. The van der Waals surface area contributed by atoms with Gasteiger partial charge in [0.1, 0.15) is 0 Å². The van der Waals surface area contributed by atoms with Gasteiger partial charge in [0.15, 0.2) is 0 Å². The molecule has 0 bridgehead atoms. The fraction of sp³-hybridized carbons (Fsp3) is 0.125. The highest BCUT2D eigenvalue weighted by atomic mass is 32.2. The van der Waals surface area contributed by atoms with E-state index in [-0.39, 0.29) is 4.90 Å². The van der Waals surface area contributed by atoms with E-state index in [2.05, 4.69) is 15.5 Å². The molecule has 0 saturated carbocycles. The molecule has 124 valence electrons. The summed E-state index contributed by atoms with van der Waals surface area (Å²) >= 11 is 0. The van der Waals surface area contributed by atoms with Crippen molar-refractivity contribution in [3.8, 4) is 11.4 Å². The minimum atomic E-state index is -3.66. The van der Waals surface area contributed by atoms with E-state index in [9.17, 15) is 8.42 Å². The molecule has 0 aliphatic carbocycles. The van der Waals surface area contributed by atoms with E-state index in [0.717, 1.165) is 11.1 Å². The molecule has 24 heavy (non-hydrogen) atoms. The Morgan fingerprint density at radius 2 is 1.75 bits per heavy atom. The molecule has 0 aliphatic rings. The van der Waals surface area contributed by atoms with Gasteiger partial charge in [-0.2, -0.15) is 4.98 Å². The first-order valence-electron chi connectivity index (χ1n) is 7.27. The maximum Gasteiger partial charge on any atom is 0.321 e. The Kier molecular flexibility index (Phi) is 4.59. The molecule has 0 unspecified atom stereocenters. The number of nitrogens with two attached hydrogens (primary N) is 1. The summed E-state index contributed by atoms with van der Waals surface area (Å²) < 4.78 is 27.6. The van der Waals surface area contributed by atoms with Crippen LogP contribution in [0.3, 0.4) is 0 Å². The van der Waals surface area contributed by atoms with Gasteiger partial charge in [-0.15, -0.1) is 0 Å². The summed E-state index contributed by atoms with van der Waals surface area (Å²) in [5.41, 5.74) is 1.85. The predicted molar refractivity (Wildman–Crippen MR) is 89.7 cm³/mol. The van der Waals surface area contributed by atoms with E-state index >= 15 is 0 Å². The Bertz CT molecular complexity index is 906. The highest BCUT2D eigenvalue weighted by molar-refractivity contribution is 7.89. The average Bonchev–Trinajstić information content (AvgIpc) is 3.04. The maximum absolute atomic E-state index is 11.2. The van der Waals surface area contributed by atoms with Crippen LogP contribution in [0.4, 0.5) is 6.01 Å². The second-order valence-corrected chi connectivity index (χ2v) is 6.72. The summed E-state index contributed by atoms with van der Waals surface area (Å²) in [7, 11) is -3.66. The van der Waals surface area contributed by atoms with Crippen molar-refractivity contribution in [1.82, 2.24) is 10.1 Å². The monoisotopic (exact) mass is 344 g/mol. The Labute approximate surface area is 139 Å². The lowest BCUT2D eigenvalue weighted by Gasteiger charge is -2.03. The van der Waals surface area contributed by atoms with Gasteiger partial charge in [-0.3, -0.25) is 0 Å². The van der Waals surface area contributed by atoms with E-state index < -0.39 is 10.0 Å². The minimum absolute atomic E-state index is 0.101. The van der Waals surface area contributed by atoms with Crippen LogP contribution in [-0.4, -0.2) is 25.1 Å². The number of nitrogens with zero attached hydrogens (tertiary/aromatic N) is 2. The molecular weight excluding hydrogens is 328 g/mol. The van der Waals surface area contributed by atoms with Crippen LogP contribution >= 0.6 is 0 Å². The normalized spacial score (nSPS) is 11.4. The third-order valence-electron chi connectivity index (χ3n) is 3.40. The summed E-state index contributed by atoms with van der Waals surface area (Å²) in [4.78, 5) is 4.37. The van der Waals surface area contributed by atoms with Crippen LogP contribution in [-0.2, 0) is 16.4 Å². The second kappa shape index (κ2) is 6.81. The molecule has 0 saturated heterocycles. The molecule has 0 fully saturated rings. The van der Waals surface area contributed by atoms with Crippen LogP contribution in [0.25, 0.3) is 11.4 Å². The van der Waals surface area contributed by atoms with Gasteiger partial charge in [-0.25, -0.2) is 13.6 Å². The van der Waals surface area contributed by atoms with E-state index in [0.29, 0.717) is 24.8 Å². The zero-order valence-electron chi connectivity index (χ0n) is 12.7. The van der Waals surface area contributed by atoms with Crippen molar-refractivity contribution in [2.45, 2.75) is 11.3 Å². The van der Waals surface area contributed by atoms with Crippen LogP contribution in [0.2, 0.25) is 0 Å². The Balaban J connectivity index is 1.56. The van der Waals surface area contributed by atoms with Gasteiger partial charge in [-0.1, -0.05) is 47.6 Å². The van der Waals surface area contributed by atoms with E-state index in [4.69, 9.17) is 9.66 Å². The first-order valence-corrected chi connectivity index (χ1v) is 8.82. The van der Waals surface area contributed by atoms with Crippen molar-refractivity contribution < 1.29 is 12.9 Å². The number of nitrogens with one attached hydrogen (secondary N) is 1. The molecule has 3 aromatic rings. The van der Waals surface area contributed by atoms with Gasteiger partial charge in [0.2, 0.25) is 15.8 Å². The van der Waals surface area contributed by atoms with Crippen molar-refractivity contribution in [1.29, 1.82) is 0 Å². The van der Waals surface area contributed by atoms with Gasteiger partial charge in [-0.05, 0) is 24.1 Å². The summed E-state index contributed by atoms with van der Waals surface area (Å²) in [6.45, 7) is 0.575. The quantitative estimate of drug-likeness (QED) is 0.708. The molecule has 7 nitrogen and oxygen atoms in total. The maximum atomic E-state index is 11.2. The van der Waals surface area contributed by atoms with Crippen molar-refractivity contribution in [2.75, 3.05) is 11.9 Å². The van der Waals surface area contributed by atoms with Crippen LogP contribution in [0.5, 0.6) is 0 Å². The number of aromatic nitrogens is 2. The van der Waals surface area contributed by atoms with E-state index in [1.54, 1.807) is 12.1 Å². The minimum Gasteiger partial charge on any atom is -0.337 e. The molecule has 0 aliphatic heterocycles. The molecule has 3 rings (SSSR count). The standard InChI is InChI=1S/C16H16N4O3S/c17-24(21,22)14-8-6-12(7-9-14)10-11-18-16-19-15(20-23-16)13-4-2-1-3-5-13/h1-9H,10-11H2,(H2,17,21,22)(H,18,19,20). The molecule has 0 radical (unpaired) electrons. The average molecular weight is 344 g/mol. The Hall–Kier alpha value is -2.71. The van der Waals surface area contributed by atoms with E-state index in [1.807, 2.05) is 30.3 Å². The van der Waals surface area contributed by atoms with Crippen molar-refractivity contribution >= 4 is 16.0 Å². The largest absolute Gasteiger partial charge is 0.337 e. The Morgan fingerprint density at radius 1 is 1.04 bits per heavy atom. The van der Waals surface area contributed by atoms with Crippen LogP contribution in [0.1, 0.15) is 5.56 Å². The third kappa shape index (κ3) is 3.98. The van der Waals surface area contributed by atoms with Crippen molar-refractivity contribution in [3.63, 3.8) is 0 Å². The number of benzene rings is 2. The SMILES string of the molecule is NS(=O)(=O)c1ccc(CCNc2nc(-c3ccccc3)no2)cc1. The lowest BCUT2D eigenvalue weighted by molar-refractivity contribution is 0.432. The van der Waals surface area contributed by atoms with Crippen LogP contribution in [0, 0.1) is 0 Å². The molecule has 0 atom stereocenters. The molecule has 1 aromatic heterocycles. The summed E-state index contributed by atoms with van der Waals surface area (Å²) in [6.07, 6.45) is 0.675. The molecule has 0 spiro atoms. The molecule has 2 aromatic carbocycles. The molecular formula is C16H16N4O3S. The first-order chi connectivity index (χ1) is 11.5. The smallest absolute Gasteiger partial charge is 0.321 e. The third-order valence-corrected chi connectivity index (χ3v) is 4.33. The molecule has 0 amide bonds. The zero-order chi connectivity index (χ0) is 17.0. The van der Waals surface area contributed by atoms with Gasteiger partial charge in [0.25, 0.3) is 0 Å². The lowest BCUT2D eigenvalue weighted by atomic mass is 10.1. The fourth-order valence-electron chi connectivity index (χ4n) is 2.16. The number of hydrogen-bond donors (Lipinski definition) is 2. The fourth-order valence-corrected chi connectivity index (χ4v) is 2.67. The van der Waals surface area contributed by atoms with Gasteiger partial charge >= 0.3 is 6.01 Å². The van der Waals surface area contributed by atoms with Gasteiger partial charge in [0.05, 0.1) is 4.90 Å². The molecule has 8 heteroatoms.